The molecule has 7 heteroatoms. The Morgan fingerprint density at radius 3 is 2.44 bits per heavy atom. The summed E-state index contributed by atoms with van der Waals surface area (Å²) in [7, 11) is 0. The van der Waals surface area contributed by atoms with Gasteiger partial charge in [-0.25, -0.2) is 0 Å². The maximum atomic E-state index is 12.1. The van der Waals surface area contributed by atoms with E-state index in [1.807, 2.05) is 31.2 Å². The molecular formula is C20H32N4O3. The number of benzene rings is 1. The van der Waals surface area contributed by atoms with E-state index in [4.69, 9.17) is 4.74 Å². The summed E-state index contributed by atoms with van der Waals surface area (Å²) in [4.78, 5) is 26.3. The Hall–Kier alpha value is -2.12. The predicted molar refractivity (Wildman–Crippen MR) is 108 cm³/mol. The third-order valence-corrected chi connectivity index (χ3v) is 4.50. The van der Waals surface area contributed by atoms with Crippen molar-refractivity contribution < 1.29 is 14.3 Å². The molecule has 1 saturated heterocycles. The molecule has 27 heavy (non-hydrogen) atoms. The second-order valence-electron chi connectivity index (χ2n) is 6.88. The average Bonchev–Trinajstić information content (AvgIpc) is 2.67. The number of amides is 2. The number of nitrogens with zero attached hydrogens (tertiary/aromatic N) is 1. The van der Waals surface area contributed by atoms with Crippen LogP contribution in [0.25, 0.3) is 0 Å². The number of rotatable bonds is 10. The van der Waals surface area contributed by atoms with Gasteiger partial charge in [-0.05, 0) is 37.6 Å². The molecule has 2 amide bonds. The van der Waals surface area contributed by atoms with Gasteiger partial charge in [0.1, 0.15) is 6.04 Å². The first kappa shape index (κ1) is 21.2. The lowest BCUT2D eigenvalue weighted by Gasteiger charge is -2.25. The van der Waals surface area contributed by atoms with E-state index in [-0.39, 0.29) is 17.9 Å². The fraction of sp³-hybridized carbons (Fsp3) is 0.600. The van der Waals surface area contributed by atoms with Gasteiger partial charge in [-0.1, -0.05) is 19.8 Å². The Kier molecular flexibility index (Phi) is 9.07. The van der Waals surface area contributed by atoms with E-state index in [1.165, 1.54) is 0 Å². The predicted octanol–water partition coefficient (Wildman–Crippen LogP) is 2.06. The van der Waals surface area contributed by atoms with Crippen LogP contribution in [-0.2, 0) is 14.3 Å². The molecule has 0 bridgehead atoms. The Balaban J connectivity index is 1.73. The Bertz CT molecular complexity index is 585. The molecule has 3 N–H and O–H groups in total. The maximum Gasteiger partial charge on any atom is 0.242 e. The highest BCUT2D eigenvalue weighted by Gasteiger charge is 2.14. The highest BCUT2D eigenvalue weighted by atomic mass is 16.5. The van der Waals surface area contributed by atoms with Crippen LogP contribution in [-0.4, -0.2) is 62.1 Å². The van der Waals surface area contributed by atoms with Crippen LogP contribution in [0.3, 0.4) is 0 Å². The minimum absolute atomic E-state index is 0.00556. The summed E-state index contributed by atoms with van der Waals surface area (Å²) in [5.74, 6) is -0.0357. The number of ether oxygens (including phenoxy) is 1. The number of unbranched alkanes of at least 4 members (excludes halogenated alkanes) is 2. The lowest BCUT2D eigenvalue weighted by Crippen LogP contribution is -2.41. The van der Waals surface area contributed by atoms with E-state index in [2.05, 4.69) is 27.8 Å². The summed E-state index contributed by atoms with van der Waals surface area (Å²) in [5, 5.41) is 9.03. The monoisotopic (exact) mass is 376 g/mol. The number of morpholine rings is 1. The maximum absolute atomic E-state index is 12.1. The smallest absolute Gasteiger partial charge is 0.242 e. The molecule has 0 aromatic heterocycles. The van der Waals surface area contributed by atoms with E-state index >= 15 is 0 Å². The van der Waals surface area contributed by atoms with Crippen LogP contribution in [0.5, 0.6) is 0 Å². The summed E-state index contributed by atoms with van der Waals surface area (Å²) in [6.07, 6.45) is 3.27. The summed E-state index contributed by atoms with van der Waals surface area (Å²) < 4.78 is 5.28. The minimum Gasteiger partial charge on any atom is -0.379 e. The summed E-state index contributed by atoms with van der Waals surface area (Å²) in [6, 6.07) is 7.10. The van der Waals surface area contributed by atoms with Gasteiger partial charge in [0.2, 0.25) is 11.8 Å². The van der Waals surface area contributed by atoms with Crippen LogP contribution in [0.4, 0.5) is 11.4 Å². The highest BCUT2D eigenvalue weighted by molar-refractivity contribution is 5.92. The van der Waals surface area contributed by atoms with Crippen LogP contribution in [0.1, 0.15) is 33.1 Å². The molecule has 0 saturated carbocycles. The molecule has 1 aliphatic rings. The number of nitrogens with one attached hydrogen (secondary N) is 3. The zero-order chi connectivity index (χ0) is 19.5. The van der Waals surface area contributed by atoms with Gasteiger partial charge in [0.05, 0.1) is 19.8 Å². The number of carbonyl (C=O) groups is 2. The zero-order valence-electron chi connectivity index (χ0n) is 16.4. The molecular weight excluding hydrogens is 344 g/mol. The molecule has 1 aliphatic heterocycles. The second kappa shape index (κ2) is 11.6. The Morgan fingerprint density at radius 1 is 1.11 bits per heavy atom. The second-order valence-corrected chi connectivity index (χ2v) is 6.88. The van der Waals surface area contributed by atoms with Gasteiger partial charge >= 0.3 is 0 Å². The summed E-state index contributed by atoms with van der Waals surface area (Å²) >= 11 is 0. The number of anilines is 2. The fourth-order valence-corrected chi connectivity index (χ4v) is 2.87. The van der Waals surface area contributed by atoms with Crippen molar-refractivity contribution in [3.8, 4) is 0 Å². The first-order chi connectivity index (χ1) is 13.1. The quantitative estimate of drug-likeness (QED) is 0.545. The van der Waals surface area contributed by atoms with Crippen molar-refractivity contribution in [1.82, 2.24) is 10.2 Å². The van der Waals surface area contributed by atoms with Crippen molar-refractivity contribution in [2.45, 2.75) is 39.2 Å². The van der Waals surface area contributed by atoms with Crippen molar-refractivity contribution in [2.24, 2.45) is 0 Å². The number of carbonyl (C=O) groups excluding carboxylic acids is 2. The van der Waals surface area contributed by atoms with Gasteiger partial charge in [0.15, 0.2) is 0 Å². The molecule has 1 unspecified atom stereocenters. The average molecular weight is 377 g/mol. The van der Waals surface area contributed by atoms with Crippen LogP contribution in [0.2, 0.25) is 0 Å². The minimum atomic E-state index is -0.312. The normalized spacial score (nSPS) is 15.8. The third-order valence-electron chi connectivity index (χ3n) is 4.50. The molecule has 150 valence electrons. The van der Waals surface area contributed by atoms with Gasteiger partial charge in [-0.3, -0.25) is 14.5 Å². The Labute approximate surface area is 161 Å². The van der Waals surface area contributed by atoms with Crippen molar-refractivity contribution in [3.63, 3.8) is 0 Å². The molecule has 2 rings (SSSR count). The molecule has 1 heterocycles. The fourth-order valence-electron chi connectivity index (χ4n) is 2.87. The van der Waals surface area contributed by atoms with E-state index in [9.17, 15) is 9.59 Å². The number of hydrogen-bond donors (Lipinski definition) is 3. The lowest BCUT2D eigenvalue weighted by molar-refractivity contribution is -0.121. The molecule has 0 aliphatic carbocycles. The van der Waals surface area contributed by atoms with E-state index in [1.54, 1.807) is 0 Å². The van der Waals surface area contributed by atoms with Crippen molar-refractivity contribution in [1.29, 1.82) is 0 Å². The van der Waals surface area contributed by atoms with Crippen LogP contribution in [0, 0.1) is 0 Å². The SMILES string of the molecule is CCCCCNC(=O)C(C)Nc1ccc(NC(=O)CN2CCOCC2)cc1. The first-order valence-electron chi connectivity index (χ1n) is 9.82. The van der Waals surface area contributed by atoms with Gasteiger partial charge in [0.25, 0.3) is 0 Å². The lowest BCUT2D eigenvalue weighted by atomic mass is 10.2. The largest absolute Gasteiger partial charge is 0.379 e. The molecule has 1 aromatic rings. The van der Waals surface area contributed by atoms with E-state index < -0.39 is 0 Å². The van der Waals surface area contributed by atoms with Gasteiger partial charge in [-0.2, -0.15) is 0 Å². The Morgan fingerprint density at radius 2 is 1.78 bits per heavy atom. The molecule has 0 radical (unpaired) electrons. The van der Waals surface area contributed by atoms with Crippen molar-refractivity contribution >= 4 is 23.2 Å². The standard InChI is InChI=1S/C20H32N4O3/c1-3-4-5-10-21-20(26)16(2)22-17-6-8-18(9-7-17)23-19(25)15-24-11-13-27-14-12-24/h6-9,16,22H,3-5,10-15H2,1-2H3,(H,21,26)(H,23,25). The summed E-state index contributed by atoms with van der Waals surface area (Å²) in [6.45, 7) is 8.00. The third kappa shape index (κ3) is 7.97. The topological polar surface area (TPSA) is 82.7 Å². The van der Waals surface area contributed by atoms with Crippen molar-refractivity contribution in [2.75, 3.05) is 50.0 Å². The highest BCUT2D eigenvalue weighted by Crippen LogP contribution is 2.14. The molecule has 7 nitrogen and oxygen atoms in total. The molecule has 1 fully saturated rings. The van der Waals surface area contributed by atoms with Crippen LogP contribution < -0.4 is 16.0 Å². The van der Waals surface area contributed by atoms with Crippen molar-refractivity contribution in [3.05, 3.63) is 24.3 Å². The van der Waals surface area contributed by atoms with Gasteiger partial charge in [-0.15, -0.1) is 0 Å². The summed E-state index contributed by atoms with van der Waals surface area (Å²) in [5.41, 5.74) is 1.59. The molecule has 1 aromatic carbocycles. The van der Waals surface area contributed by atoms with Gasteiger partial charge < -0.3 is 20.7 Å². The molecule has 0 spiro atoms. The number of hydrogen-bond acceptors (Lipinski definition) is 5. The molecule has 1 atom stereocenters. The van der Waals surface area contributed by atoms with E-state index in [0.717, 1.165) is 43.7 Å². The first-order valence-corrected chi connectivity index (χ1v) is 9.82. The van der Waals surface area contributed by atoms with Gasteiger partial charge in [0, 0.05) is 31.0 Å². The van der Waals surface area contributed by atoms with Crippen LogP contribution in [0.15, 0.2) is 24.3 Å². The zero-order valence-corrected chi connectivity index (χ0v) is 16.4. The van der Waals surface area contributed by atoms with Crippen LogP contribution >= 0.6 is 0 Å². The van der Waals surface area contributed by atoms with E-state index in [0.29, 0.717) is 26.3 Å².